The van der Waals surface area contributed by atoms with E-state index in [4.69, 9.17) is 5.11 Å². The van der Waals surface area contributed by atoms with E-state index in [0.29, 0.717) is 12.1 Å². The van der Waals surface area contributed by atoms with Gasteiger partial charge in [-0.05, 0) is 6.92 Å². The van der Waals surface area contributed by atoms with E-state index < -0.39 is 59.6 Å². The molecule has 1 rings (SSSR count). The van der Waals surface area contributed by atoms with E-state index in [9.17, 15) is 62.6 Å². The maximum atomic E-state index is 14.5. The Kier molecular flexibility index (Phi) is 6.07. The van der Waals surface area contributed by atoms with Gasteiger partial charge in [-0.1, -0.05) is 30.3 Å². The maximum Gasteiger partial charge on any atom is 0.460 e. The summed E-state index contributed by atoms with van der Waals surface area (Å²) in [5, 5.41) is 18.3. The van der Waals surface area contributed by atoms with Crippen LogP contribution in [-0.4, -0.2) is 57.3 Å². The van der Waals surface area contributed by atoms with Crippen LogP contribution >= 0.6 is 0 Å². The van der Waals surface area contributed by atoms with Crippen LogP contribution in [0.15, 0.2) is 30.3 Å². The van der Waals surface area contributed by atoms with Crippen LogP contribution in [0.2, 0.25) is 0 Å². The number of alkyl halides is 12. The minimum Gasteiger partial charge on any atom is -0.354 e. The van der Waals surface area contributed by atoms with Gasteiger partial charge >= 0.3 is 35.7 Å². The second kappa shape index (κ2) is 7.00. The molecule has 0 amide bonds. The third-order valence-electron chi connectivity index (χ3n) is 4.14. The monoisotopic (exact) mass is 466 g/mol. The first-order valence-electron chi connectivity index (χ1n) is 7.33. The SMILES string of the molecule is CC(F)(C(O)(F)C(=O)c1ccccc1)C(O)(F)C(F)(F)C(F)(F)C(F)(F)C(F)(F)F. The Bertz CT molecular complexity index is 784. The second-order valence-electron chi connectivity index (χ2n) is 6.16. The van der Waals surface area contributed by atoms with Crippen LogP contribution in [0.25, 0.3) is 0 Å². The number of carbonyl (C=O) groups is 1. The van der Waals surface area contributed by atoms with Gasteiger partial charge in [-0.3, -0.25) is 4.79 Å². The summed E-state index contributed by atoms with van der Waals surface area (Å²) in [5.41, 5.74) is -7.00. The van der Waals surface area contributed by atoms with Gasteiger partial charge in [0.05, 0.1) is 0 Å². The summed E-state index contributed by atoms with van der Waals surface area (Å²) >= 11 is 0. The third kappa shape index (κ3) is 3.31. The molecule has 0 saturated carbocycles. The fourth-order valence-electron chi connectivity index (χ4n) is 2.09. The van der Waals surface area contributed by atoms with Crippen molar-refractivity contribution in [1.29, 1.82) is 0 Å². The number of Topliss-reactive ketones (excluding diaryl/α,β-unsaturated/α-hetero) is 1. The van der Waals surface area contributed by atoms with Crippen LogP contribution in [0.1, 0.15) is 17.3 Å². The highest BCUT2D eigenvalue weighted by molar-refractivity contribution is 6.02. The molecule has 15 heteroatoms. The maximum absolute atomic E-state index is 14.5. The Morgan fingerprint density at radius 1 is 0.700 bits per heavy atom. The molecule has 0 spiro atoms. The van der Waals surface area contributed by atoms with E-state index in [2.05, 4.69) is 0 Å². The summed E-state index contributed by atoms with van der Waals surface area (Å²) in [6.07, 6.45) is -7.46. The van der Waals surface area contributed by atoms with Crippen molar-refractivity contribution in [3.63, 3.8) is 0 Å². The molecule has 3 nitrogen and oxygen atoms in total. The van der Waals surface area contributed by atoms with Gasteiger partial charge in [0.15, 0.2) is 0 Å². The first-order valence-corrected chi connectivity index (χ1v) is 7.33. The van der Waals surface area contributed by atoms with E-state index in [1.807, 2.05) is 0 Å². The van der Waals surface area contributed by atoms with E-state index >= 15 is 0 Å². The fourth-order valence-corrected chi connectivity index (χ4v) is 2.09. The number of aliphatic hydroxyl groups is 2. The summed E-state index contributed by atoms with van der Waals surface area (Å²) in [6.45, 7) is -0.955. The molecule has 0 heterocycles. The van der Waals surface area contributed by atoms with Crippen molar-refractivity contribution in [2.45, 2.75) is 48.2 Å². The van der Waals surface area contributed by atoms with Gasteiger partial charge in [-0.25, -0.2) is 8.78 Å². The minimum absolute atomic E-state index is 0.574. The molecular weight excluding hydrogens is 456 g/mol. The minimum atomic E-state index is -7.92. The standard InChI is InChI=1S/C15H10F12O3/c1-9(16,10(17,29)8(28)7-5-3-2-4-6-7)14(24,30)12(20,21)11(18,19)13(22,23)15(25,26)27/h2-6,29-30H,1H3. The average Bonchev–Trinajstić information content (AvgIpc) is 2.59. The highest BCUT2D eigenvalue weighted by Crippen LogP contribution is 2.60. The van der Waals surface area contributed by atoms with Gasteiger partial charge in [-0.15, -0.1) is 0 Å². The molecule has 2 N–H and O–H groups in total. The number of halogens is 12. The lowest BCUT2D eigenvalue weighted by Gasteiger charge is -2.45. The van der Waals surface area contributed by atoms with Gasteiger partial charge in [-0.2, -0.15) is 43.9 Å². The Balaban J connectivity index is 3.61. The number of rotatable bonds is 7. The summed E-state index contributed by atoms with van der Waals surface area (Å²) in [7, 11) is 0. The van der Waals surface area contributed by atoms with Gasteiger partial charge < -0.3 is 10.2 Å². The fraction of sp³-hybridized carbons (Fsp3) is 0.533. The predicted octanol–water partition coefficient (Wildman–Crippen LogP) is 4.38. The molecule has 3 unspecified atom stereocenters. The Morgan fingerprint density at radius 2 is 1.10 bits per heavy atom. The topological polar surface area (TPSA) is 57.5 Å². The van der Waals surface area contributed by atoms with Crippen molar-refractivity contribution in [3.8, 4) is 0 Å². The molecule has 0 aromatic heterocycles. The molecule has 0 saturated heterocycles. The lowest BCUT2D eigenvalue weighted by molar-refractivity contribution is -0.450. The number of hydrogen-bond donors (Lipinski definition) is 2. The van der Waals surface area contributed by atoms with Crippen molar-refractivity contribution in [3.05, 3.63) is 35.9 Å². The van der Waals surface area contributed by atoms with Crippen LogP contribution < -0.4 is 0 Å². The zero-order valence-corrected chi connectivity index (χ0v) is 14.2. The third-order valence-corrected chi connectivity index (χ3v) is 4.14. The van der Waals surface area contributed by atoms with E-state index in [1.165, 1.54) is 0 Å². The van der Waals surface area contributed by atoms with Crippen LogP contribution in [0, 0.1) is 0 Å². The number of carbonyl (C=O) groups excluding carboxylic acids is 1. The molecule has 0 radical (unpaired) electrons. The molecule has 172 valence electrons. The van der Waals surface area contributed by atoms with E-state index in [0.717, 1.165) is 18.2 Å². The summed E-state index contributed by atoms with van der Waals surface area (Å²) in [6, 6.07) is 4.11. The smallest absolute Gasteiger partial charge is 0.354 e. The predicted molar refractivity (Wildman–Crippen MR) is 73.3 cm³/mol. The van der Waals surface area contributed by atoms with Gasteiger partial charge in [0.1, 0.15) is 0 Å². The number of benzene rings is 1. The molecule has 0 aliphatic heterocycles. The zero-order chi connectivity index (χ0) is 24.2. The number of ketones is 1. The van der Waals surface area contributed by atoms with Gasteiger partial charge in [0.2, 0.25) is 11.5 Å². The Morgan fingerprint density at radius 3 is 1.47 bits per heavy atom. The Hall–Kier alpha value is -2.03. The molecule has 3 atom stereocenters. The lowest BCUT2D eigenvalue weighted by Crippen LogP contribution is -2.76. The van der Waals surface area contributed by atoms with Crippen molar-refractivity contribution < 1.29 is 67.7 Å². The highest BCUT2D eigenvalue weighted by atomic mass is 19.4. The average molecular weight is 466 g/mol. The van der Waals surface area contributed by atoms with Crippen LogP contribution in [0.4, 0.5) is 52.7 Å². The highest BCUT2D eigenvalue weighted by Gasteiger charge is 2.90. The van der Waals surface area contributed by atoms with Gasteiger partial charge in [0.25, 0.3) is 0 Å². The largest absolute Gasteiger partial charge is 0.460 e. The molecule has 1 aromatic rings. The summed E-state index contributed by atoms with van der Waals surface area (Å²) in [5.74, 6) is -38.7. The van der Waals surface area contributed by atoms with Crippen LogP contribution in [-0.2, 0) is 0 Å². The first-order chi connectivity index (χ1) is 13.0. The van der Waals surface area contributed by atoms with Gasteiger partial charge in [0, 0.05) is 5.56 Å². The van der Waals surface area contributed by atoms with Crippen molar-refractivity contribution in [2.75, 3.05) is 0 Å². The van der Waals surface area contributed by atoms with Crippen LogP contribution in [0.3, 0.4) is 0 Å². The van der Waals surface area contributed by atoms with Crippen molar-refractivity contribution in [1.82, 2.24) is 0 Å². The Labute approximate surface area is 158 Å². The molecule has 1 aromatic carbocycles. The molecule has 0 fully saturated rings. The molecular formula is C15H10F12O3. The lowest BCUT2D eigenvalue weighted by atomic mass is 9.79. The molecule has 0 aliphatic carbocycles. The zero-order valence-electron chi connectivity index (χ0n) is 14.2. The van der Waals surface area contributed by atoms with Crippen molar-refractivity contribution in [2.24, 2.45) is 0 Å². The van der Waals surface area contributed by atoms with Crippen LogP contribution in [0.5, 0.6) is 0 Å². The summed E-state index contributed by atoms with van der Waals surface area (Å²) < 4.78 is 159. The normalized spacial score (nSPS) is 20.1. The van der Waals surface area contributed by atoms with E-state index in [1.54, 1.807) is 0 Å². The first kappa shape index (κ1) is 26.0. The molecule has 30 heavy (non-hydrogen) atoms. The van der Waals surface area contributed by atoms with E-state index in [-0.39, 0.29) is 0 Å². The summed E-state index contributed by atoms with van der Waals surface area (Å²) in [4.78, 5) is 11.8. The van der Waals surface area contributed by atoms with Crippen molar-refractivity contribution >= 4 is 5.78 Å². The second-order valence-corrected chi connectivity index (χ2v) is 6.16. The molecule has 0 bridgehead atoms. The number of hydrogen-bond acceptors (Lipinski definition) is 3. The molecule has 0 aliphatic rings. The quantitative estimate of drug-likeness (QED) is 0.464.